The number of rotatable bonds is 9. The average molecular weight is 516 g/mol. The van der Waals surface area contributed by atoms with Crippen molar-refractivity contribution in [1.82, 2.24) is 10.2 Å². The van der Waals surface area contributed by atoms with Gasteiger partial charge in [0.05, 0.1) is 5.02 Å². The molecule has 0 spiro atoms. The van der Waals surface area contributed by atoms with Crippen LogP contribution in [0, 0.1) is 5.92 Å². The highest BCUT2D eigenvalue weighted by molar-refractivity contribution is 9.10. The molecule has 0 fully saturated rings. The summed E-state index contributed by atoms with van der Waals surface area (Å²) >= 11 is 15.5. The predicted molar refractivity (Wildman–Crippen MR) is 124 cm³/mol. The van der Waals surface area contributed by atoms with Crippen molar-refractivity contribution in [1.29, 1.82) is 0 Å². The Morgan fingerprint density at radius 1 is 1.10 bits per heavy atom. The van der Waals surface area contributed by atoms with Crippen LogP contribution in [0.15, 0.2) is 46.9 Å². The zero-order valence-electron chi connectivity index (χ0n) is 17.1. The van der Waals surface area contributed by atoms with Gasteiger partial charge in [-0.15, -0.1) is 0 Å². The Bertz CT molecular complexity index is 875. The van der Waals surface area contributed by atoms with Crippen LogP contribution in [0.25, 0.3) is 0 Å². The van der Waals surface area contributed by atoms with Gasteiger partial charge in [0.25, 0.3) is 5.91 Å². The number of halogens is 3. The van der Waals surface area contributed by atoms with E-state index in [4.69, 9.17) is 27.9 Å². The van der Waals surface area contributed by atoms with Crippen molar-refractivity contribution in [2.75, 3.05) is 13.2 Å². The lowest BCUT2D eigenvalue weighted by atomic mass is 10.1. The van der Waals surface area contributed by atoms with Crippen LogP contribution in [-0.4, -0.2) is 35.9 Å². The van der Waals surface area contributed by atoms with E-state index in [0.717, 1.165) is 10.0 Å². The summed E-state index contributed by atoms with van der Waals surface area (Å²) in [4.78, 5) is 27.1. The SMILES string of the molecule is CC(C)CNC(=O)C(C)N(Cc1ccc(Cl)cc1)C(=O)COc1ccc(Br)cc1Cl. The van der Waals surface area contributed by atoms with Crippen molar-refractivity contribution in [3.8, 4) is 5.75 Å². The molecule has 2 aromatic carbocycles. The molecule has 162 valence electrons. The van der Waals surface area contributed by atoms with Crippen LogP contribution in [0.2, 0.25) is 10.0 Å². The number of hydrogen-bond acceptors (Lipinski definition) is 3. The number of nitrogens with one attached hydrogen (secondary N) is 1. The third-order valence-corrected chi connectivity index (χ3v) is 5.40. The first-order chi connectivity index (χ1) is 14.2. The fraction of sp³-hybridized carbons (Fsp3) is 0.364. The van der Waals surface area contributed by atoms with Crippen molar-refractivity contribution in [3.63, 3.8) is 0 Å². The summed E-state index contributed by atoms with van der Waals surface area (Å²) in [5.41, 5.74) is 0.859. The van der Waals surface area contributed by atoms with Gasteiger partial charge in [0.1, 0.15) is 11.8 Å². The Morgan fingerprint density at radius 3 is 2.37 bits per heavy atom. The second-order valence-electron chi connectivity index (χ2n) is 7.33. The van der Waals surface area contributed by atoms with Gasteiger partial charge in [-0.05, 0) is 48.7 Å². The summed E-state index contributed by atoms with van der Waals surface area (Å²) in [6.07, 6.45) is 0. The fourth-order valence-corrected chi connectivity index (χ4v) is 3.49. The zero-order chi connectivity index (χ0) is 22.3. The van der Waals surface area contributed by atoms with Gasteiger partial charge in [-0.1, -0.05) is 65.1 Å². The number of nitrogens with zero attached hydrogens (tertiary/aromatic N) is 1. The lowest BCUT2D eigenvalue weighted by molar-refractivity contribution is -0.142. The molecule has 1 atom stereocenters. The maximum Gasteiger partial charge on any atom is 0.261 e. The first-order valence-corrected chi connectivity index (χ1v) is 11.1. The van der Waals surface area contributed by atoms with E-state index >= 15 is 0 Å². The minimum atomic E-state index is -0.670. The molecule has 2 amide bonds. The summed E-state index contributed by atoms with van der Waals surface area (Å²) < 4.78 is 6.43. The van der Waals surface area contributed by atoms with Crippen LogP contribution in [0.5, 0.6) is 5.75 Å². The molecule has 0 aromatic heterocycles. The Hall–Kier alpha value is -1.76. The van der Waals surface area contributed by atoms with Gasteiger partial charge in [0, 0.05) is 22.6 Å². The maximum atomic E-state index is 13.0. The number of carbonyl (C=O) groups is 2. The molecule has 30 heavy (non-hydrogen) atoms. The Kier molecular flexibility index (Phi) is 9.46. The van der Waals surface area contributed by atoms with Gasteiger partial charge in [-0.25, -0.2) is 0 Å². The first kappa shape index (κ1) is 24.5. The number of hydrogen-bond donors (Lipinski definition) is 1. The van der Waals surface area contributed by atoms with E-state index in [0.29, 0.717) is 28.3 Å². The summed E-state index contributed by atoms with van der Waals surface area (Å²) in [6.45, 7) is 6.28. The molecule has 0 aliphatic carbocycles. The van der Waals surface area contributed by atoms with Gasteiger partial charge >= 0.3 is 0 Å². The minimum absolute atomic E-state index is 0.215. The lowest BCUT2D eigenvalue weighted by Gasteiger charge is -2.29. The molecule has 8 heteroatoms. The molecule has 0 aliphatic heterocycles. The lowest BCUT2D eigenvalue weighted by Crippen LogP contribution is -2.49. The smallest absolute Gasteiger partial charge is 0.261 e. The molecule has 0 heterocycles. The van der Waals surface area contributed by atoms with Gasteiger partial charge in [-0.2, -0.15) is 0 Å². The van der Waals surface area contributed by atoms with E-state index < -0.39 is 6.04 Å². The monoisotopic (exact) mass is 514 g/mol. The van der Waals surface area contributed by atoms with Crippen molar-refractivity contribution >= 4 is 50.9 Å². The van der Waals surface area contributed by atoms with Gasteiger partial charge in [0.15, 0.2) is 6.61 Å². The summed E-state index contributed by atoms with van der Waals surface area (Å²) in [6, 6.07) is 11.6. The van der Waals surface area contributed by atoms with Crippen LogP contribution >= 0.6 is 39.1 Å². The van der Waals surface area contributed by atoms with Gasteiger partial charge < -0.3 is 15.0 Å². The van der Waals surface area contributed by atoms with Crippen LogP contribution in [0.1, 0.15) is 26.3 Å². The van der Waals surface area contributed by atoms with Crippen molar-refractivity contribution in [2.45, 2.75) is 33.4 Å². The molecular formula is C22H25BrCl2N2O3. The zero-order valence-corrected chi connectivity index (χ0v) is 20.2. The van der Waals surface area contributed by atoms with Crippen LogP contribution in [0.3, 0.4) is 0 Å². The molecule has 2 aromatic rings. The molecule has 0 aliphatic rings. The van der Waals surface area contributed by atoms with Crippen molar-refractivity contribution in [3.05, 3.63) is 62.5 Å². The van der Waals surface area contributed by atoms with E-state index in [9.17, 15) is 9.59 Å². The van der Waals surface area contributed by atoms with E-state index in [2.05, 4.69) is 21.2 Å². The Balaban J connectivity index is 2.14. The maximum absolute atomic E-state index is 13.0. The molecule has 2 rings (SSSR count). The van der Waals surface area contributed by atoms with E-state index in [1.807, 2.05) is 26.0 Å². The van der Waals surface area contributed by atoms with Crippen LogP contribution < -0.4 is 10.1 Å². The molecule has 1 unspecified atom stereocenters. The second kappa shape index (κ2) is 11.6. The quantitative estimate of drug-likeness (QED) is 0.491. The summed E-state index contributed by atoms with van der Waals surface area (Å²) in [7, 11) is 0. The number of benzene rings is 2. The summed E-state index contributed by atoms with van der Waals surface area (Å²) in [5, 5.41) is 3.88. The standard InChI is InChI=1S/C22H25BrCl2N2O3/c1-14(2)11-26-22(29)15(3)27(12-16-4-7-18(24)8-5-16)21(28)13-30-20-9-6-17(23)10-19(20)25/h4-10,14-15H,11-13H2,1-3H3,(H,26,29). The topological polar surface area (TPSA) is 58.6 Å². The normalized spacial score (nSPS) is 11.8. The van der Waals surface area contributed by atoms with Crippen molar-refractivity contribution < 1.29 is 14.3 Å². The van der Waals surface area contributed by atoms with Crippen LogP contribution in [0.4, 0.5) is 0 Å². The van der Waals surface area contributed by atoms with Gasteiger partial charge in [0.2, 0.25) is 5.91 Å². The molecule has 0 saturated carbocycles. The highest BCUT2D eigenvalue weighted by Gasteiger charge is 2.26. The van der Waals surface area contributed by atoms with E-state index in [1.54, 1.807) is 37.3 Å². The average Bonchev–Trinajstić information content (AvgIpc) is 2.70. The fourth-order valence-electron chi connectivity index (χ4n) is 2.64. The third kappa shape index (κ3) is 7.49. The molecule has 0 radical (unpaired) electrons. The number of carbonyl (C=O) groups excluding carboxylic acids is 2. The Morgan fingerprint density at radius 2 is 1.77 bits per heavy atom. The second-order valence-corrected chi connectivity index (χ2v) is 9.09. The molecular weight excluding hydrogens is 491 g/mol. The highest BCUT2D eigenvalue weighted by atomic mass is 79.9. The highest BCUT2D eigenvalue weighted by Crippen LogP contribution is 2.27. The Labute approximate surface area is 195 Å². The molecule has 0 saturated heterocycles. The summed E-state index contributed by atoms with van der Waals surface area (Å²) in [5.74, 6) is 0.171. The minimum Gasteiger partial charge on any atom is -0.482 e. The third-order valence-electron chi connectivity index (χ3n) is 4.36. The molecule has 0 bridgehead atoms. The van der Waals surface area contributed by atoms with Crippen molar-refractivity contribution in [2.24, 2.45) is 5.92 Å². The molecule has 1 N–H and O–H groups in total. The van der Waals surface area contributed by atoms with Crippen LogP contribution in [-0.2, 0) is 16.1 Å². The van der Waals surface area contributed by atoms with E-state index in [-0.39, 0.29) is 25.0 Å². The number of amides is 2. The largest absolute Gasteiger partial charge is 0.482 e. The predicted octanol–water partition coefficient (Wildman–Crippen LogP) is 5.32. The van der Waals surface area contributed by atoms with E-state index in [1.165, 1.54) is 4.90 Å². The van der Waals surface area contributed by atoms with Gasteiger partial charge in [-0.3, -0.25) is 9.59 Å². The number of ether oxygens (including phenoxy) is 1. The molecule has 5 nitrogen and oxygen atoms in total. The first-order valence-electron chi connectivity index (χ1n) is 9.57.